The third kappa shape index (κ3) is 13.5. The number of unbranched alkanes of at least 4 members (excludes halogenated alkanes) is 6. The summed E-state index contributed by atoms with van der Waals surface area (Å²) in [6, 6.07) is 0. The zero-order valence-electron chi connectivity index (χ0n) is 10.4. The molecule has 0 aromatic carbocycles. The first kappa shape index (κ1) is 14.5. The molecule has 0 saturated heterocycles. The number of hydrogen-bond acceptors (Lipinski definition) is 0. The highest BCUT2D eigenvalue weighted by molar-refractivity contribution is 4.92. The first-order valence-electron chi connectivity index (χ1n) is 6.51. The molecule has 0 spiro atoms. The van der Waals surface area contributed by atoms with E-state index >= 15 is 0 Å². The third-order valence-electron chi connectivity index (χ3n) is 2.45. The van der Waals surface area contributed by atoms with Crippen LogP contribution >= 0.6 is 0 Å². The fourth-order valence-corrected chi connectivity index (χ4v) is 1.49. The highest BCUT2D eigenvalue weighted by Gasteiger charge is 1.85. The van der Waals surface area contributed by atoms with Crippen LogP contribution in [0.3, 0.4) is 0 Å². The van der Waals surface area contributed by atoms with Gasteiger partial charge in [0.05, 0.1) is 0 Å². The Balaban J connectivity index is 3.10. The molecule has 0 rings (SSSR count). The predicted molar refractivity (Wildman–Crippen MR) is 70.9 cm³/mol. The summed E-state index contributed by atoms with van der Waals surface area (Å²) in [5.74, 6) is 0. The van der Waals surface area contributed by atoms with Gasteiger partial charge < -0.3 is 0 Å². The molecular weight excluding hydrogens is 180 g/mol. The largest absolute Gasteiger partial charge is 0.0882 e. The Kier molecular flexibility index (Phi) is 13.0. The maximum absolute atomic E-state index is 3.80. The Morgan fingerprint density at radius 1 is 0.800 bits per heavy atom. The van der Waals surface area contributed by atoms with E-state index in [2.05, 4.69) is 38.2 Å². The first-order valence-corrected chi connectivity index (χ1v) is 6.51. The molecule has 15 heavy (non-hydrogen) atoms. The molecule has 0 aliphatic rings. The highest BCUT2D eigenvalue weighted by Crippen LogP contribution is 2.05. The molecule has 87 valence electrons. The summed E-state index contributed by atoms with van der Waals surface area (Å²) < 4.78 is 0. The maximum Gasteiger partial charge on any atom is -0.0169 e. The molecule has 0 bridgehead atoms. The van der Waals surface area contributed by atoms with Crippen molar-refractivity contribution < 1.29 is 0 Å². The van der Waals surface area contributed by atoms with Crippen LogP contribution in [-0.4, -0.2) is 0 Å². The van der Waals surface area contributed by atoms with E-state index in [0.29, 0.717) is 0 Å². The van der Waals surface area contributed by atoms with Crippen molar-refractivity contribution in [2.24, 2.45) is 0 Å². The third-order valence-corrected chi connectivity index (χ3v) is 2.45. The number of allylic oxidation sites excluding steroid dienone is 4. The van der Waals surface area contributed by atoms with E-state index < -0.39 is 0 Å². The molecule has 0 aromatic heterocycles. The van der Waals surface area contributed by atoms with Crippen molar-refractivity contribution in [3.8, 4) is 0 Å². The van der Waals surface area contributed by atoms with Crippen LogP contribution in [-0.2, 0) is 0 Å². The second-order valence-electron chi connectivity index (χ2n) is 4.02. The molecule has 0 aliphatic heterocycles. The summed E-state index contributed by atoms with van der Waals surface area (Å²) in [7, 11) is 0. The fraction of sp³-hybridized carbons (Fsp3) is 0.667. The van der Waals surface area contributed by atoms with Crippen molar-refractivity contribution in [3.05, 3.63) is 31.2 Å². The molecule has 0 N–H and O–H groups in total. The van der Waals surface area contributed by atoms with Gasteiger partial charge in [0, 0.05) is 0 Å². The first-order chi connectivity index (χ1) is 7.41. The molecule has 0 aliphatic carbocycles. The topological polar surface area (TPSA) is 0 Å². The second-order valence-corrected chi connectivity index (χ2v) is 4.02. The Labute approximate surface area is 96.5 Å². The van der Waals surface area contributed by atoms with Crippen LogP contribution in [0.2, 0.25) is 0 Å². The lowest BCUT2D eigenvalue weighted by atomic mass is 10.1. The SMILES string of the molecule is [CH2]CCC=CCC=CCCCCCCC. The van der Waals surface area contributed by atoms with E-state index in [1.54, 1.807) is 0 Å². The quantitative estimate of drug-likeness (QED) is 0.329. The Bertz CT molecular complexity index is 153. The Morgan fingerprint density at radius 3 is 2.13 bits per heavy atom. The van der Waals surface area contributed by atoms with E-state index in [-0.39, 0.29) is 0 Å². The molecule has 0 heteroatoms. The standard InChI is InChI=1S/C15H27/c1-3-5-7-9-11-13-15-14-12-10-8-6-4-2/h7,9,13,15H,1,3-6,8,10-12,14H2,2H3. The average molecular weight is 207 g/mol. The lowest BCUT2D eigenvalue weighted by molar-refractivity contribution is 0.637. The summed E-state index contributed by atoms with van der Waals surface area (Å²) in [6.45, 7) is 6.06. The van der Waals surface area contributed by atoms with Gasteiger partial charge in [-0.3, -0.25) is 0 Å². The van der Waals surface area contributed by atoms with Crippen LogP contribution in [0, 0.1) is 6.92 Å². The normalized spacial score (nSPS) is 11.9. The van der Waals surface area contributed by atoms with E-state index in [4.69, 9.17) is 0 Å². The average Bonchev–Trinajstić information content (AvgIpc) is 2.26. The van der Waals surface area contributed by atoms with Gasteiger partial charge in [-0.2, -0.15) is 0 Å². The summed E-state index contributed by atoms with van der Waals surface area (Å²) in [5.41, 5.74) is 0. The minimum absolute atomic E-state index is 1.01. The van der Waals surface area contributed by atoms with Crippen LogP contribution in [0.4, 0.5) is 0 Å². The molecular formula is C15H27. The van der Waals surface area contributed by atoms with Crippen LogP contribution in [0.1, 0.15) is 64.7 Å². The fourth-order valence-electron chi connectivity index (χ4n) is 1.49. The van der Waals surface area contributed by atoms with Crippen molar-refractivity contribution >= 4 is 0 Å². The van der Waals surface area contributed by atoms with Gasteiger partial charge in [-0.25, -0.2) is 0 Å². The molecule has 0 nitrogen and oxygen atoms in total. The molecule has 0 amide bonds. The van der Waals surface area contributed by atoms with Crippen molar-refractivity contribution in [1.29, 1.82) is 0 Å². The van der Waals surface area contributed by atoms with Crippen molar-refractivity contribution in [1.82, 2.24) is 0 Å². The smallest absolute Gasteiger partial charge is 0.0169 e. The second kappa shape index (κ2) is 13.5. The molecule has 0 unspecified atom stereocenters. The van der Waals surface area contributed by atoms with Crippen LogP contribution in [0.5, 0.6) is 0 Å². The molecule has 0 heterocycles. The van der Waals surface area contributed by atoms with E-state index in [0.717, 1.165) is 19.3 Å². The molecule has 0 fully saturated rings. The minimum Gasteiger partial charge on any atom is -0.0882 e. The van der Waals surface area contributed by atoms with Gasteiger partial charge in [0.2, 0.25) is 0 Å². The molecule has 0 aromatic rings. The van der Waals surface area contributed by atoms with Crippen molar-refractivity contribution in [2.45, 2.75) is 64.7 Å². The summed E-state index contributed by atoms with van der Waals surface area (Å²) >= 11 is 0. The zero-order valence-corrected chi connectivity index (χ0v) is 10.4. The molecule has 0 atom stereocenters. The van der Waals surface area contributed by atoms with Gasteiger partial charge in [-0.15, -0.1) is 0 Å². The van der Waals surface area contributed by atoms with Crippen LogP contribution < -0.4 is 0 Å². The minimum atomic E-state index is 1.01. The van der Waals surface area contributed by atoms with Gasteiger partial charge in [0.25, 0.3) is 0 Å². The van der Waals surface area contributed by atoms with Crippen molar-refractivity contribution in [3.63, 3.8) is 0 Å². The maximum atomic E-state index is 3.80. The zero-order chi connectivity index (χ0) is 11.2. The number of rotatable bonds is 10. The number of hydrogen-bond donors (Lipinski definition) is 0. The Morgan fingerprint density at radius 2 is 1.47 bits per heavy atom. The van der Waals surface area contributed by atoms with Crippen LogP contribution in [0.25, 0.3) is 0 Å². The van der Waals surface area contributed by atoms with E-state index in [9.17, 15) is 0 Å². The molecule has 0 saturated carbocycles. The summed E-state index contributed by atoms with van der Waals surface area (Å²) in [6.07, 6.45) is 20.4. The summed E-state index contributed by atoms with van der Waals surface area (Å²) in [4.78, 5) is 0. The van der Waals surface area contributed by atoms with Gasteiger partial charge in [-0.05, 0) is 32.1 Å². The Hall–Kier alpha value is -0.520. The van der Waals surface area contributed by atoms with Crippen LogP contribution in [0.15, 0.2) is 24.3 Å². The monoisotopic (exact) mass is 207 g/mol. The van der Waals surface area contributed by atoms with Gasteiger partial charge in [0.15, 0.2) is 0 Å². The van der Waals surface area contributed by atoms with Crippen molar-refractivity contribution in [2.75, 3.05) is 0 Å². The molecule has 1 radical (unpaired) electrons. The lowest BCUT2D eigenvalue weighted by Gasteiger charge is -1.95. The lowest BCUT2D eigenvalue weighted by Crippen LogP contribution is -1.75. The summed E-state index contributed by atoms with van der Waals surface area (Å²) in [5, 5.41) is 0. The van der Waals surface area contributed by atoms with Gasteiger partial charge >= 0.3 is 0 Å². The highest BCUT2D eigenvalue weighted by atomic mass is 13.9. The predicted octanol–water partition coefficient (Wildman–Crippen LogP) is 5.46. The van der Waals surface area contributed by atoms with E-state index in [1.165, 1.54) is 38.5 Å². The van der Waals surface area contributed by atoms with E-state index in [1.807, 2.05) is 0 Å². The van der Waals surface area contributed by atoms with Gasteiger partial charge in [-0.1, -0.05) is 63.8 Å². The van der Waals surface area contributed by atoms with Gasteiger partial charge in [0.1, 0.15) is 0 Å².